The highest BCUT2D eigenvalue weighted by atomic mass is 19.2. The van der Waals surface area contributed by atoms with Crippen LogP contribution in [-0.4, -0.2) is 10.1 Å². The van der Waals surface area contributed by atoms with E-state index >= 15 is 0 Å². The van der Waals surface area contributed by atoms with E-state index in [0.717, 1.165) is 12.1 Å². The van der Waals surface area contributed by atoms with Crippen LogP contribution in [0.5, 0.6) is 0 Å². The van der Waals surface area contributed by atoms with Crippen molar-refractivity contribution in [2.75, 3.05) is 0 Å². The predicted octanol–water partition coefficient (Wildman–Crippen LogP) is 4.46. The van der Waals surface area contributed by atoms with Gasteiger partial charge in [0.25, 0.3) is 0 Å². The Morgan fingerprint density at radius 2 is 1.17 bits per heavy atom. The van der Waals surface area contributed by atoms with Gasteiger partial charge in [-0.1, -0.05) is 24.3 Å². The van der Waals surface area contributed by atoms with Crippen molar-refractivity contribution in [2.24, 2.45) is 0 Å². The first kappa shape index (κ1) is 16.1. The van der Waals surface area contributed by atoms with Crippen molar-refractivity contribution in [2.45, 2.75) is 6.61 Å². The minimum absolute atomic E-state index is 0.107. The zero-order valence-corrected chi connectivity index (χ0v) is 12.2. The number of aliphatic hydroxyl groups is 1. The van der Waals surface area contributed by atoms with Crippen LogP contribution in [0.2, 0.25) is 0 Å². The molecule has 2 nitrogen and oxygen atoms in total. The summed E-state index contributed by atoms with van der Waals surface area (Å²) in [5.74, 6) is -4.32. The van der Waals surface area contributed by atoms with Crippen LogP contribution < -0.4 is 0 Å². The minimum Gasteiger partial charge on any atom is -0.392 e. The third-order valence-electron chi connectivity index (χ3n) is 3.70. The summed E-state index contributed by atoms with van der Waals surface area (Å²) in [5.41, 5.74) is 0.0979. The van der Waals surface area contributed by atoms with Gasteiger partial charge in [0.05, 0.1) is 6.61 Å². The molecule has 0 atom stereocenters. The number of pyridine rings is 1. The van der Waals surface area contributed by atoms with Crippen molar-refractivity contribution in [1.29, 1.82) is 0 Å². The summed E-state index contributed by atoms with van der Waals surface area (Å²) in [6.07, 6.45) is 2.48. The molecule has 2 aromatic carbocycles. The average molecular weight is 333 g/mol. The summed E-state index contributed by atoms with van der Waals surface area (Å²) >= 11 is 0. The predicted molar refractivity (Wildman–Crippen MR) is 80.9 cm³/mol. The average Bonchev–Trinajstić information content (AvgIpc) is 2.59. The Bertz CT molecular complexity index is 842. The second-order valence-electron chi connectivity index (χ2n) is 5.07. The van der Waals surface area contributed by atoms with Gasteiger partial charge in [0.2, 0.25) is 0 Å². The lowest BCUT2D eigenvalue weighted by molar-refractivity contribution is 0.282. The molecule has 0 spiro atoms. The van der Waals surface area contributed by atoms with Crippen molar-refractivity contribution in [3.05, 3.63) is 77.6 Å². The van der Waals surface area contributed by atoms with E-state index in [0.29, 0.717) is 0 Å². The number of benzene rings is 2. The molecular weight excluding hydrogens is 322 g/mol. The Hall–Kier alpha value is -2.73. The Morgan fingerprint density at radius 1 is 0.708 bits per heavy atom. The molecule has 0 unspecified atom stereocenters. The zero-order chi connectivity index (χ0) is 17.3. The monoisotopic (exact) mass is 333 g/mol. The SMILES string of the molecule is OCc1c(-c2cccc(F)c2F)cncc1-c1cccc(F)c1F. The van der Waals surface area contributed by atoms with Gasteiger partial charge in [-0.25, -0.2) is 17.6 Å². The Kier molecular flexibility index (Phi) is 4.31. The standard InChI is InChI=1S/C18H11F4NO/c19-15-5-1-3-10(17(15)21)12-7-23-8-13(14(12)9-24)11-4-2-6-16(20)18(11)22/h1-8,24H,9H2. The second-order valence-corrected chi connectivity index (χ2v) is 5.07. The molecule has 122 valence electrons. The van der Waals surface area contributed by atoms with Crippen LogP contribution in [0.4, 0.5) is 17.6 Å². The van der Waals surface area contributed by atoms with Gasteiger partial charge in [0, 0.05) is 34.6 Å². The summed E-state index contributed by atoms with van der Waals surface area (Å²) in [6, 6.07) is 7.18. The molecule has 0 saturated carbocycles. The Balaban J connectivity index is 2.28. The number of aliphatic hydroxyl groups excluding tert-OH is 1. The Morgan fingerprint density at radius 3 is 1.58 bits per heavy atom. The van der Waals surface area contributed by atoms with Gasteiger partial charge in [-0.15, -0.1) is 0 Å². The molecule has 3 rings (SSSR count). The maximum atomic E-state index is 14.1. The molecule has 0 amide bonds. The van der Waals surface area contributed by atoms with Crippen LogP contribution in [0.3, 0.4) is 0 Å². The largest absolute Gasteiger partial charge is 0.392 e. The van der Waals surface area contributed by atoms with Crippen molar-refractivity contribution < 1.29 is 22.7 Å². The van der Waals surface area contributed by atoms with Gasteiger partial charge in [-0.3, -0.25) is 4.98 Å². The van der Waals surface area contributed by atoms with E-state index in [2.05, 4.69) is 4.98 Å². The number of halogens is 4. The van der Waals surface area contributed by atoms with Gasteiger partial charge in [-0.2, -0.15) is 0 Å². The topological polar surface area (TPSA) is 33.1 Å². The van der Waals surface area contributed by atoms with Crippen molar-refractivity contribution in [3.63, 3.8) is 0 Å². The first-order valence-corrected chi connectivity index (χ1v) is 7.01. The molecule has 6 heteroatoms. The van der Waals surface area contributed by atoms with Gasteiger partial charge >= 0.3 is 0 Å². The number of hydrogen-bond donors (Lipinski definition) is 1. The molecule has 24 heavy (non-hydrogen) atoms. The first-order chi connectivity index (χ1) is 11.5. The van der Waals surface area contributed by atoms with Crippen LogP contribution in [0, 0.1) is 23.3 Å². The second kappa shape index (κ2) is 6.41. The lowest BCUT2D eigenvalue weighted by atomic mass is 9.94. The summed E-state index contributed by atoms with van der Waals surface area (Å²) < 4.78 is 55.1. The summed E-state index contributed by atoms with van der Waals surface area (Å²) in [4.78, 5) is 3.90. The number of hydrogen-bond acceptors (Lipinski definition) is 2. The molecule has 3 aromatic rings. The quantitative estimate of drug-likeness (QED) is 0.718. The summed E-state index contributed by atoms with van der Waals surface area (Å²) in [6.45, 7) is -0.584. The van der Waals surface area contributed by atoms with E-state index in [-0.39, 0.29) is 27.8 Å². The van der Waals surface area contributed by atoms with Gasteiger partial charge < -0.3 is 5.11 Å². The molecule has 0 aliphatic heterocycles. The van der Waals surface area contributed by atoms with E-state index in [1.165, 1.54) is 36.7 Å². The highest BCUT2D eigenvalue weighted by Crippen LogP contribution is 2.34. The maximum absolute atomic E-state index is 14.1. The zero-order valence-electron chi connectivity index (χ0n) is 12.2. The molecule has 0 bridgehead atoms. The number of rotatable bonds is 3. The fourth-order valence-electron chi connectivity index (χ4n) is 2.55. The Labute approximate surface area is 135 Å². The minimum atomic E-state index is -1.11. The van der Waals surface area contributed by atoms with Crippen molar-refractivity contribution in [1.82, 2.24) is 4.98 Å². The van der Waals surface area contributed by atoms with E-state index in [4.69, 9.17) is 0 Å². The molecule has 1 N–H and O–H groups in total. The molecule has 0 aliphatic carbocycles. The summed E-state index contributed by atoms with van der Waals surface area (Å²) in [5, 5.41) is 9.68. The third-order valence-corrected chi connectivity index (χ3v) is 3.70. The number of aromatic nitrogens is 1. The van der Waals surface area contributed by atoms with Gasteiger partial charge in [-0.05, 0) is 17.7 Å². The van der Waals surface area contributed by atoms with E-state index in [1.807, 2.05) is 0 Å². The lowest BCUT2D eigenvalue weighted by Crippen LogP contribution is -2.00. The van der Waals surface area contributed by atoms with Gasteiger partial charge in [0.15, 0.2) is 23.3 Å². The molecule has 0 radical (unpaired) electrons. The normalized spacial score (nSPS) is 10.9. The van der Waals surface area contributed by atoms with Crippen LogP contribution in [-0.2, 0) is 6.61 Å². The molecule has 0 saturated heterocycles. The van der Waals surface area contributed by atoms with Crippen LogP contribution >= 0.6 is 0 Å². The van der Waals surface area contributed by atoms with Gasteiger partial charge in [0.1, 0.15) is 0 Å². The summed E-state index contributed by atoms with van der Waals surface area (Å²) in [7, 11) is 0. The van der Waals surface area contributed by atoms with E-state index in [1.54, 1.807) is 0 Å². The smallest absolute Gasteiger partial charge is 0.166 e. The van der Waals surface area contributed by atoms with Crippen molar-refractivity contribution in [3.8, 4) is 22.3 Å². The van der Waals surface area contributed by atoms with Crippen LogP contribution in [0.1, 0.15) is 5.56 Å². The maximum Gasteiger partial charge on any atom is 0.166 e. The fourth-order valence-corrected chi connectivity index (χ4v) is 2.55. The lowest BCUT2D eigenvalue weighted by Gasteiger charge is -2.14. The van der Waals surface area contributed by atoms with E-state index in [9.17, 15) is 22.7 Å². The van der Waals surface area contributed by atoms with Crippen LogP contribution in [0.15, 0.2) is 48.8 Å². The van der Waals surface area contributed by atoms with E-state index < -0.39 is 29.9 Å². The molecule has 0 fully saturated rings. The highest BCUT2D eigenvalue weighted by molar-refractivity contribution is 5.77. The molecule has 1 aromatic heterocycles. The fraction of sp³-hybridized carbons (Fsp3) is 0.0556. The van der Waals surface area contributed by atoms with Crippen molar-refractivity contribution >= 4 is 0 Å². The van der Waals surface area contributed by atoms with Crippen LogP contribution in [0.25, 0.3) is 22.3 Å². The highest BCUT2D eigenvalue weighted by Gasteiger charge is 2.19. The molecule has 0 aliphatic rings. The third kappa shape index (κ3) is 2.65. The number of nitrogens with zero attached hydrogens (tertiary/aromatic N) is 1. The first-order valence-electron chi connectivity index (χ1n) is 7.01. The molecule has 1 heterocycles. The molecular formula is C18H11F4NO.